The SMILES string of the molecule is CC(=O)N(O)c1ccc(C=O)cc1OCCCN1CCOCC1. The molecule has 1 aromatic rings. The average Bonchev–Trinajstić information content (AvgIpc) is 2.58. The van der Waals surface area contributed by atoms with E-state index in [1.807, 2.05) is 0 Å². The normalized spacial score (nSPS) is 15.2. The summed E-state index contributed by atoms with van der Waals surface area (Å²) in [6.45, 7) is 5.91. The molecule has 0 bridgehead atoms. The van der Waals surface area contributed by atoms with Crippen LogP contribution in [0.3, 0.4) is 0 Å². The third-order valence-electron chi connectivity index (χ3n) is 3.63. The van der Waals surface area contributed by atoms with Crippen LogP contribution in [0.25, 0.3) is 0 Å². The zero-order valence-electron chi connectivity index (χ0n) is 13.2. The number of carbonyl (C=O) groups is 2. The van der Waals surface area contributed by atoms with Gasteiger partial charge in [0.1, 0.15) is 17.7 Å². The van der Waals surface area contributed by atoms with Crippen LogP contribution in [-0.4, -0.2) is 61.8 Å². The van der Waals surface area contributed by atoms with Crippen LogP contribution < -0.4 is 9.80 Å². The van der Waals surface area contributed by atoms with Gasteiger partial charge in [-0.1, -0.05) is 0 Å². The molecule has 0 unspecified atom stereocenters. The minimum Gasteiger partial charge on any atom is -0.491 e. The Kier molecular flexibility index (Phi) is 6.52. The minimum absolute atomic E-state index is 0.231. The molecule has 1 heterocycles. The molecule has 1 saturated heterocycles. The number of hydrogen-bond acceptors (Lipinski definition) is 6. The first-order chi connectivity index (χ1) is 11.1. The Morgan fingerprint density at radius 2 is 2.17 bits per heavy atom. The first-order valence-corrected chi connectivity index (χ1v) is 7.63. The Morgan fingerprint density at radius 1 is 1.43 bits per heavy atom. The van der Waals surface area contributed by atoms with E-state index in [0.29, 0.717) is 29.3 Å². The van der Waals surface area contributed by atoms with Crippen molar-refractivity contribution in [2.24, 2.45) is 0 Å². The molecule has 1 amide bonds. The molecule has 2 rings (SSSR count). The summed E-state index contributed by atoms with van der Waals surface area (Å²) in [7, 11) is 0. The summed E-state index contributed by atoms with van der Waals surface area (Å²) in [6.07, 6.45) is 1.50. The highest BCUT2D eigenvalue weighted by molar-refractivity contribution is 5.91. The van der Waals surface area contributed by atoms with E-state index < -0.39 is 5.91 Å². The molecule has 7 heteroatoms. The monoisotopic (exact) mass is 322 g/mol. The van der Waals surface area contributed by atoms with Crippen molar-refractivity contribution in [2.45, 2.75) is 13.3 Å². The molecule has 1 aliphatic rings. The Labute approximate surface area is 135 Å². The van der Waals surface area contributed by atoms with Crippen LogP contribution in [0.1, 0.15) is 23.7 Å². The van der Waals surface area contributed by atoms with Gasteiger partial charge in [0, 0.05) is 32.1 Å². The van der Waals surface area contributed by atoms with Crippen LogP contribution in [0.2, 0.25) is 0 Å². The lowest BCUT2D eigenvalue weighted by Crippen LogP contribution is -2.37. The number of hydroxylamine groups is 1. The van der Waals surface area contributed by atoms with Gasteiger partial charge in [-0.05, 0) is 24.6 Å². The quantitative estimate of drug-likeness (QED) is 0.353. The van der Waals surface area contributed by atoms with Crippen molar-refractivity contribution >= 4 is 17.9 Å². The molecule has 1 aromatic carbocycles. The second-order valence-corrected chi connectivity index (χ2v) is 5.33. The zero-order chi connectivity index (χ0) is 16.7. The van der Waals surface area contributed by atoms with Gasteiger partial charge >= 0.3 is 0 Å². The van der Waals surface area contributed by atoms with Crippen molar-refractivity contribution in [1.82, 2.24) is 4.90 Å². The van der Waals surface area contributed by atoms with Crippen molar-refractivity contribution in [3.8, 4) is 5.75 Å². The van der Waals surface area contributed by atoms with Crippen LogP contribution in [-0.2, 0) is 9.53 Å². The van der Waals surface area contributed by atoms with E-state index in [1.54, 1.807) is 0 Å². The maximum Gasteiger partial charge on any atom is 0.247 e. The topological polar surface area (TPSA) is 79.3 Å². The second-order valence-electron chi connectivity index (χ2n) is 5.33. The molecule has 0 aliphatic carbocycles. The van der Waals surface area contributed by atoms with E-state index in [1.165, 1.54) is 25.1 Å². The van der Waals surface area contributed by atoms with E-state index in [4.69, 9.17) is 9.47 Å². The molecular weight excluding hydrogens is 300 g/mol. The summed E-state index contributed by atoms with van der Waals surface area (Å²) < 4.78 is 11.0. The molecule has 0 aromatic heterocycles. The molecule has 0 saturated carbocycles. The lowest BCUT2D eigenvalue weighted by molar-refractivity contribution is -0.121. The summed E-state index contributed by atoms with van der Waals surface area (Å²) >= 11 is 0. The van der Waals surface area contributed by atoms with Gasteiger partial charge in [0.2, 0.25) is 5.91 Å². The molecule has 0 radical (unpaired) electrons. The second kappa shape index (κ2) is 8.61. The molecule has 1 fully saturated rings. The number of ether oxygens (including phenoxy) is 2. The number of amides is 1. The van der Waals surface area contributed by atoms with Gasteiger partial charge in [0.15, 0.2) is 0 Å². The summed E-state index contributed by atoms with van der Waals surface area (Å²) in [5, 5.41) is 10.3. The van der Waals surface area contributed by atoms with Crippen LogP contribution in [0.5, 0.6) is 5.75 Å². The van der Waals surface area contributed by atoms with E-state index in [0.717, 1.165) is 39.3 Å². The number of anilines is 1. The standard InChI is InChI=1S/C16H22N2O5/c1-13(20)18(21)15-4-3-14(12-19)11-16(15)23-8-2-5-17-6-9-22-10-7-17/h3-4,11-12,21H,2,5-10H2,1H3. The van der Waals surface area contributed by atoms with E-state index in [-0.39, 0.29) is 5.69 Å². The molecule has 0 atom stereocenters. The molecular formula is C16H22N2O5. The minimum atomic E-state index is -0.526. The first kappa shape index (κ1) is 17.4. The maximum absolute atomic E-state index is 11.3. The third-order valence-corrected chi connectivity index (χ3v) is 3.63. The van der Waals surface area contributed by atoms with Gasteiger partial charge in [-0.25, -0.2) is 0 Å². The number of carbonyl (C=O) groups excluding carboxylic acids is 2. The number of aldehydes is 1. The third kappa shape index (κ3) is 5.02. The number of morpholine rings is 1. The van der Waals surface area contributed by atoms with Gasteiger partial charge < -0.3 is 9.47 Å². The lowest BCUT2D eigenvalue weighted by atomic mass is 10.2. The van der Waals surface area contributed by atoms with E-state index in [2.05, 4.69) is 4.90 Å². The number of benzene rings is 1. The summed E-state index contributed by atoms with van der Waals surface area (Å²) in [5.74, 6) is -0.212. The van der Waals surface area contributed by atoms with Crippen LogP contribution in [0, 0.1) is 0 Å². The zero-order valence-corrected chi connectivity index (χ0v) is 13.2. The van der Waals surface area contributed by atoms with E-state index in [9.17, 15) is 14.8 Å². The molecule has 1 N–H and O–H groups in total. The lowest BCUT2D eigenvalue weighted by Gasteiger charge is -2.26. The Bertz CT molecular complexity index is 543. The molecule has 0 spiro atoms. The highest BCUT2D eigenvalue weighted by Gasteiger charge is 2.15. The maximum atomic E-state index is 11.3. The Balaban J connectivity index is 1.93. The predicted molar refractivity (Wildman–Crippen MR) is 84.1 cm³/mol. The van der Waals surface area contributed by atoms with Gasteiger partial charge in [-0.15, -0.1) is 0 Å². The fraction of sp³-hybridized carbons (Fsp3) is 0.500. The van der Waals surface area contributed by atoms with Crippen molar-refractivity contribution in [3.05, 3.63) is 23.8 Å². The number of nitrogens with zero attached hydrogens (tertiary/aromatic N) is 2. The smallest absolute Gasteiger partial charge is 0.247 e. The fourth-order valence-corrected chi connectivity index (χ4v) is 2.36. The average molecular weight is 322 g/mol. The van der Waals surface area contributed by atoms with Gasteiger partial charge in [-0.2, -0.15) is 5.06 Å². The molecule has 1 aliphatic heterocycles. The predicted octanol–water partition coefficient (Wildman–Crippen LogP) is 1.34. The van der Waals surface area contributed by atoms with Gasteiger partial charge in [-0.3, -0.25) is 19.7 Å². The fourth-order valence-electron chi connectivity index (χ4n) is 2.36. The van der Waals surface area contributed by atoms with Crippen LogP contribution >= 0.6 is 0 Å². The Hall–Kier alpha value is -1.96. The highest BCUT2D eigenvalue weighted by Crippen LogP contribution is 2.28. The van der Waals surface area contributed by atoms with Gasteiger partial charge in [0.05, 0.1) is 19.8 Å². The highest BCUT2D eigenvalue weighted by atomic mass is 16.5. The summed E-state index contributed by atoms with van der Waals surface area (Å²) in [6, 6.07) is 4.53. The van der Waals surface area contributed by atoms with Crippen molar-refractivity contribution in [1.29, 1.82) is 0 Å². The van der Waals surface area contributed by atoms with Crippen LogP contribution in [0.15, 0.2) is 18.2 Å². The van der Waals surface area contributed by atoms with E-state index >= 15 is 0 Å². The van der Waals surface area contributed by atoms with Crippen molar-refractivity contribution in [2.75, 3.05) is 44.5 Å². The van der Waals surface area contributed by atoms with Crippen molar-refractivity contribution < 1.29 is 24.3 Å². The largest absolute Gasteiger partial charge is 0.491 e. The number of rotatable bonds is 7. The van der Waals surface area contributed by atoms with Crippen molar-refractivity contribution in [3.63, 3.8) is 0 Å². The first-order valence-electron chi connectivity index (χ1n) is 7.63. The van der Waals surface area contributed by atoms with Crippen LogP contribution in [0.4, 0.5) is 5.69 Å². The molecule has 23 heavy (non-hydrogen) atoms. The summed E-state index contributed by atoms with van der Waals surface area (Å²) in [5.41, 5.74) is 0.656. The molecule has 126 valence electrons. The molecule has 7 nitrogen and oxygen atoms in total. The number of hydrogen-bond donors (Lipinski definition) is 1. The van der Waals surface area contributed by atoms with Gasteiger partial charge in [0.25, 0.3) is 0 Å². The summed E-state index contributed by atoms with van der Waals surface area (Å²) in [4.78, 5) is 24.5. The Morgan fingerprint density at radius 3 is 2.83 bits per heavy atom.